The first-order valence-corrected chi connectivity index (χ1v) is 6.16. The van der Waals surface area contributed by atoms with Gasteiger partial charge >= 0.3 is 0 Å². The third-order valence-corrected chi connectivity index (χ3v) is 3.75. The Hall–Kier alpha value is -0.460. The maximum absolute atomic E-state index is 5.51. The first-order chi connectivity index (χ1) is 7.74. The Morgan fingerprint density at radius 1 is 1.31 bits per heavy atom. The summed E-state index contributed by atoms with van der Waals surface area (Å²) in [5.74, 6) is 5.51. The lowest BCUT2D eigenvalue weighted by atomic mass is 10.2. The van der Waals surface area contributed by atoms with E-state index in [1.54, 1.807) is 14.2 Å². The monoisotopic (exact) mass is 244 g/mol. The fourth-order valence-corrected chi connectivity index (χ4v) is 2.61. The molecule has 0 fully saturated rings. The fraction of sp³-hybridized carbons (Fsp3) is 0.636. The summed E-state index contributed by atoms with van der Waals surface area (Å²) in [5, 5.41) is 0. The van der Waals surface area contributed by atoms with Crippen LogP contribution < -0.4 is 11.3 Å². The van der Waals surface area contributed by atoms with Gasteiger partial charge in [-0.3, -0.25) is 11.3 Å². The third kappa shape index (κ3) is 3.54. The Labute approximate surface area is 101 Å². The number of hydrogen-bond donors (Lipinski definition) is 2. The largest absolute Gasteiger partial charge is 0.354 e. The van der Waals surface area contributed by atoms with Gasteiger partial charge in [-0.05, 0) is 18.6 Å². The topological polar surface area (TPSA) is 56.5 Å². The minimum Gasteiger partial charge on any atom is -0.354 e. The molecule has 0 saturated heterocycles. The van der Waals surface area contributed by atoms with Gasteiger partial charge in [0.1, 0.15) is 0 Å². The van der Waals surface area contributed by atoms with E-state index >= 15 is 0 Å². The fourth-order valence-electron chi connectivity index (χ4n) is 1.60. The molecule has 0 spiro atoms. The lowest BCUT2D eigenvalue weighted by Crippen LogP contribution is -2.47. The van der Waals surface area contributed by atoms with Crippen molar-refractivity contribution in [1.82, 2.24) is 5.43 Å². The zero-order valence-corrected chi connectivity index (χ0v) is 10.8. The number of rotatable bonds is 7. The predicted octanol–water partition coefficient (Wildman–Crippen LogP) is 1.30. The van der Waals surface area contributed by atoms with Crippen molar-refractivity contribution in [1.29, 1.82) is 0 Å². The molecule has 0 amide bonds. The lowest BCUT2D eigenvalue weighted by molar-refractivity contribution is -0.122. The molecule has 1 aromatic rings. The summed E-state index contributed by atoms with van der Waals surface area (Å²) in [4.78, 5) is 2.68. The minimum atomic E-state index is -0.322. The van der Waals surface area contributed by atoms with E-state index < -0.39 is 0 Å². The zero-order chi connectivity index (χ0) is 12.0. The standard InChI is InChI=1S/C11H20N2O2S/c1-4-8-5-6-9(16-8)7-10(13-12)11(14-2)15-3/h5-6,10-11,13H,4,7,12H2,1-3H3. The van der Waals surface area contributed by atoms with Gasteiger partial charge in [-0.15, -0.1) is 11.3 Å². The van der Waals surface area contributed by atoms with Crippen LogP contribution in [-0.2, 0) is 22.3 Å². The number of nitrogens with one attached hydrogen (secondary N) is 1. The Bertz CT molecular complexity index is 300. The molecular formula is C11H20N2O2S. The van der Waals surface area contributed by atoms with Crippen molar-refractivity contribution in [2.24, 2.45) is 5.84 Å². The molecule has 1 heterocycles. The molecular weight excluding hydrogens is 224 g/mol. The first-order valence-electron chi connectivity index (χ1n) is 5.34. The lowest BCUT2D eigenvalue weighted by Gasteiger charge is -2.23. The van der Waals surface area contributed by atoms with Crippen LogP contribution in [0.15, 0.2) is 12.1 Å². The molecule has 0 radical (unpaired) electrons. The number of methoxy groups -OCH3 is 2. The maximum Gasteiger partial charge on any atom is 0.173 e. The molecule has 0 aliphatic heterocycles. The van der Waals surface area contributed by atoms with Gasteiger partial charge in [-0.25, -0.2) is 0 Å². The van der Waals surface area contributed by atoms with Gasteiger partial charge in [0.25, 0.3) is 0 Å². The molecule has 1 unspecified atom stereocenters. The van der Waals surface area contributed by atoms with E-state index in [9.17, 15) is 0 Å². The van der Waals surface area contributed by atoms with Crippen molar-refractivity contribution >= 4 is 11.3 Å². The van der Waals surface area contributed by atoms with Crippen LogP contribution in [-0.4, -0.2) is 26.6 Å². The van der Waals surface area contributed by atoms with Crippen molar-refractivity contribution in [3.05, 3.63) is 21.9 Å². The zero-order valence-electron chi connectivity index (χ0n) is 10.0. The number of thiophene rings is 1. The summed E-state index contributed by atoms with van der Waals surface area (Å²) < 4.78 is 10.4. The van der Waals surface area contributed by atoms with Crippen molar-refractivity contribution in [2.75, 3.05) is 14.2 Å². The van der Waals surface area contributed by atoms with Gasteiger partial charge in [0.2, 0.25) is 0 Å². The molecule has 16 heavy (non-hydrogen) atoms. The number of hydrazine groups is 1. The number of hydrogen-bond acceptors (Lipinski definition) is 5. The summed E-state index contributed by atoms with van der Waals surface area (Å²) in [7, 11) is 3.23. The molecule has 1 aromatic heterocycles. The average molecular weight is 244 g/mol. The molecule has 0 bridgehead atoms. The molecule has 5 heteroatoms. The predicted molar refractivity (Wildman–Crippen MR) is 66.3 cm³/mol. The second kappa shape index (κ2) is 6.98. The quantitative estimate of drug-likeness (QED) is 0.431. The highest BCUT2D eigenvalue weighted by atomic mass is 32.1. The van der Waals surface area contributed by atoms with E-state index in [0.717, 1.165) is 12.8 Å². The molecule has 1 rings (SSSR count). The van der Waals surface area contributed by atoms with Crippen LogP contribution in [0.3, 0.4) is 0 Å². The molecule has 0 saturated carbocycles. The highest BCUT2D eigenvalue weighted by molar-refractivity contribution is 7.11. The maximum atomic E-state index is 5.51. The van der Waals surface area contributed by atoms with Crippen molar-refractivity contribution in [3.63, 3.8) is 0 Å². The second-order valence-electron chi connectivity index (χ2n) is 3.54. The molecule has 3 N–H and O–H groups in total. The van der Waals surface area contributed by atoms with Crippen LogP contribution in [0, 0.1) is 0 Å². The molecule has 92 valence electrons. The summed E-state index contributed by atoms with van der Waals surface area (Å²) in [6.45, 7) is 2.15. The van der Waals surface area contributed by atoms with Gasteiger partial charge in [-0.2, -0.15) is 0 Å². The van der Waals surface area contributed by atoms with Gasteiger partial charge in [0.15, 0.2) is 6.29 Å². The van der Waals surface area contributed by atoms with Crippen molar-refractivity contribution in [2.45, 2.75) is 32.1 Å². The number of aryl methyl sites for hydroxylation is 1. The van der Waals surface area contributed by atoms with Crippen molar-refractivity contribution in [3.8, 4) is 0 Å². The van der Waals surface area contributed by atoms with Crippen LogP contribution >= 0.6 is 11.3 Å². The van der Waals surface area contributed by atoms with Crippen LogP contribution in [0.5, 0.6) is 0 Å². The van der Waals surface area contributed by atoms with Crippen LogP contribution in [0.1, 0.15) is 16.7 Å². The molecule has 4 nitrogen and oxygen atoms in total. The van der Waals surface area contributed by atoms with Crippen molar-refractivity contribution < 1.29 is 9.47 Å². The summed E-state index contributed by atoms with van der Waals surface area (Å²) in [5.41, 5.74) is 2.74. The van der Waals surface area contributed by atoms with Crippen LogP contribution in [0.4, 0.5) is 0 Å². The van der Waals surface area contributed by atoms with Gasteiger partial charge in [-0.1, -0.05) is 6.92 Å². The van der Waals surface area contributed by atoms with Crippen LogP contribution in [0.25, 0.3) is 0 Å². The molecule has 0 aromatic carbocycles. The highest BCUT2D eigenvalue weighted by Gasteiger charge is 2.20. The van der Waals surface area contributed by atoms with Crippen LogP contribution in [0.2, 0.25) is 0 Å². The molecule has 1 atom stereocenters. The Kier molecular flexibility index (Phi) is 5.94. The highest BCUT2D eigenvalue weighted by Crippen LogP contribution is 2.19. The Morgan fingerprint density at radius 2 is 1.94 bits per heavy atom. The first kappa shape index (κ1) is 13.6. The van der Waals surface area contributed by atoms with Gasteiger partial charge in [0.05, 0.1) is 6.04 Å². The van der Waals surface area contributed by atoms with E-state index in [2.05, 4.69) is 24.5 Å². The van der Waals surface area contributed by atoms with Gasteiger partial charge in [0, 0.05) is 30.4 Å². The van der Waals surface area contributed by atoms with E-state index in [4.69, 9.17) is 15.3 Å². The smallest absolute Gasteiger partial charge is 0.173 e. The Morgan fingerprint density at radius 3 is 2.38 bits per heavy atom. The minimum absolute atomic E-state index is 0.0293. The number of nitrogens with two attached hydrogens (primary N) is 1. The van der Waals surface area contributed by atoms with Gasteiger partial charge < -0.3 is 9.47 Å². The van der Waals surface area contributed by atoms with E-state index in [1.165, 1.54) is 9.75 Å². The molecule has 0 aliphatic carbocycles. The summed E-state index contributed by atoms with van der Waals surface area (Å²) >= 11 is 1.81. The summed E-state index contributed by atoms with van der Waals surface area (Å²) in [6.07, 6.45) is 1.56. The molecule has 0 aliphatic rings. The average Bonchev–Trinajstić information content (AvgIpc) is 2.77. The number of ether oxygens (including phenoxy) is 2. The van der Waals surface area contributed by atoms with E-state index in [-0.39, 0.29) is 12.3 Å². The van der Waals surface area contributed by atoms with E-state index in [0.29, 0.717) is 0 Å². The Balaban J connectivity index is 2.61. The third-order valence-electron chi connectivity index (χ3n) is 2.49. The second-order valence-corrected chi connectivity index (χ2v) is 4.79. The van der Waals surface area contributed by atoms with E-state index in [1.807, 2.05) is 11.3 Å². The SMILES string of the molecule is CCc1ccc(CC(NN)C(OC)OC)s1. The normalized spacial score (nSPS) is 13.3. The summed E-state index contributed by atoms with van der Waals surface area (Å²) in [6, 6.07) is 4.26.